The molecule has 0 radical (unpaired) electrons. The lowest BCUT2D eigenvalue weighted by molar-refractivity contribution is 0.215. The van der Waals surface area contributed by atoms with E-state index in [9.17, 15) is 0 Å². The van der Waals surface area contributed by atoms with Gasteiger partial charge >= 0.3 is 0 Å². The Hall–Kier alpha value is -2.20. The number of ether oxygens (including phenoxy) is 1. The number of aryl methyl sites for hydroxylation is 2. The van der Waals surface area contributed by atoms with Crippen molar-refractivity contribution in [3.05, 3.63) is 70.8 Å². The normalized spacial score (nSPS) is 11.4. The first-order valence-corrected chi connectivity index (χ1v) is 9.26. The van der Waals surface area contributed by atoms with Crippen molar-refractivity contribution in [2.45, 2.75) is 32.3 Å². The molecule has 2 aromatic carbocycles. The quantitative estimate of drug-likeness (QED) is 0.270. The second-order valence-electron chi connectivity index (χ2n) is 5.71. The van der Waals surface area contributed by atoms with Gasteiger partial charge in [0.25, 0.3) is 0 Å². The van der Waals surface area contributed by atoms with Gasteiger partial charge in [-0.2, -0.15) is 0 Å². The summed E-state index contributed by atoms with van der Waals surface area (Å²) in [7, 11) is 1.54. The number of oxime groups is 1. The first-order chi connectivity index (χ1) is 12.1. The van der Waals surface area contributed by atoms with Crippen molar-refractivity contribution in [3.8, 4) is 5.75 Å². The van der Waals surface area contributed by atoms with Gasteiger partial charge in [-0.25, -0.2) is 0 Å². The monoisotopic (exact) mass is 355 g/mol. The van der Waals surface area contributed by atoms with Crippen LogP contribution < -0.4 is 4.74 Å². The third kappa shape index (κ3) is 5.98. The van der Waals surface area contributed by atoms with Crippen molar-refractivity contribution in [2.75, 3.05) is 12.9 Å². The van der Waals surface area contributed by atoms with Crippen LogP contribution in [0.15, 0.2) is 58.6 Å². The van der Waals surface area contributed by atoms with Crippen LogP contribution in [0, 0.1) is 13.8 Å². The van der Waals surface area contributed by atoms with Crippen LogP contribution >= 0.6 is 11.8 Å². The molecule has 0 aliphatic carbocycles. The molecule has 25 heavy (non-hydrogen) atoms. The highest BCUT2D eigenvalue weighted by molar-refractivity contribution is 7.99. The predicted molar refractivity (Wildman–Crippen MR) is 107 cm³/mol. The van der Waals surface area contributed by atoms with Gasteiger partial charge in [0.05, 0.1) is 6.21 Å². The van der Waals surface area contributed by atoms with E-state index < -0.39 is 0 Å². The molecule has 2 aromatic rings. The summed E-state index contributed by atoms with van der Waals surface area (Å²) >= 11 is 1.84. The summed E-state index contributed by atoms with van der Waals surface area (Å²) in [5, 5.41) is 3.76. The van der Waals surface area contributed by atoms with Gasteiger partial charge in [-0.05, 0) is 55.2 Å². The van der Waals surface area contributed by atoms with Crippen molar-refractivity contribution >= 4 is 18.0 Å². The Kier molecular flexibility index (Phi) is 7.61. The molecule has 0 aromatic heterocycles. The molecule has 132 valence electrons. The van der Waals surface area contributed by atoms with E-state index in [-0.39, 0.29) is 0 Å². The first kappa shape index (κ1) is 19.1. The summed E-state index contributed by atoms with van der Waals surface area (Å²) in [6.45, 7) is 6.80. The summed E-state index contributed by atoms with van der Waals surface area (Å²) < 4.78 is 6.07. The van der Waals surface area contributed by atoms with Crippen molar-refractivity contribution in [2.24, 2.45) is 5.16 Å². The minimum absolute atomic E-state index is 0.550. The van der Waals surface area contributed by atoms with Gasteiger partial charge in [0.1, 0.15) is 19.5 Å². The van der Waals surface area contributed by atoms with Crippen LogP contribution in [0.2, 0.25) is 0 Å². The van der Waals surface area contributed by atoms with Gasteiger partial charge in [0.2, 0.25) is 0 Å². The summed E-state index contributed by atoms with van der Waals surface area (Å²) in [4.78, 5) is 5.97. The van der Waals surface area contributed by atoms with Gasteiger partial charge in [0.15, 0.2) is 0 Å². The molecule has 0 saturated heterocycles. The molecule has 0 bridgehead atoms. The molecule has 4 heteroatoms. The Labute approximate surface area is 154 Å². The van der Waals surface area contributed by atoms with Crippen LogP contribution in [-0.2, 0) is 11.4 Å². The largest absolute Gasteiger partial charge is 0.488 e. The maximum Gasteiger partial charge on any atom is 0.125 e. The molecular formula is C21H25NO2S. The lowest BCUT2D eigenvalue weighted by Gasteiger charge is -2.14. The highest BCUT2D eigenvalue weighted by Crippen LogP contribution is 2.30. The Morgan fingerprint density at radius 1 is 1.08 bits per heavy atom. The maximum absolute atomic E-state index is 6.07. The van der Waals surface area contributed by atoms with Gasteiger partial charge in [-0.1, -0.05) is 41.6 Å². The lowest BCUT2D eigenvalue weighted by Crippen LogP contribution is -1.99. The first-order valence-electron chi connectivity index (χ1n) is 8.27. The summed E-state index contributed by atoms with van der Waals surface area (Å²) in [6.07, 6.45) is 5.93. The van der Waals surface area contributed by atoms with Crippen LogP contribution in [0.25, 0.3) is 0 Å². The van der Waals surface area contributed by atoms with Crippen LogP contribution in [0.3, 0.4) is 0 Å². The number of benzene rings is 2. The average Bonchev–Trinajstić information content (AvgIpc) is 2.60. The van der Waals surface area contributed by atoms with Crippen LogP contribution in [0.5, 0.6) is 5.75 Å². The molecule has 0 fully saturated rings. The number of hydrogen-bond donors (Lipinski definition) is 0. The Morgan fingerprint density at radius 2 is 1.76 bits per heavy atom. The van der Waals surface area contributed by atoms with E-state index >= 15 is 0 Å². The Bertz CT molecular complexity index is 713. The van der Waals surface area contributed by atoms with E-state index in [1.165, 1.54) is 23.1 Å². The van der Waals surface area contributed by atoms with Gasteiger partial charge in [-0.3, -0.25) is 0 Å². The van der Waals surface area contributed by atoms with Crippen LogP contribution in [0.1, 0.15) is 29.2 Å². The van der Waals surface area contributed by atoms with Gasteiger partial charge in [0, 0.05) is 10.6 Å². The number of hydrogen-bond acceptors (Lipinski definition) is 4. The lowest BCUT2D eigenvalue weighted by atomic mass is 10.1. The molecule has 0 aliphatic heterocycles. The topological polar surface area (TPSA) is 30.8 Å². The molecule has 0 heterocycles. The average molecular weight is 356 g/mol. The molecule has 0 atom stereocenters. The highest BCUT2D eigenvalue weighted by Gasteiger charge is 2.07. The molecule has 0 spiro atoms. The molecule has 0 N–H and O–H groups in total. The zero-order valence-electron chi connectivity index (χ0n) is 15.3. The van der Waals surface area contributed by atoms with Crippen molar-refractivity contribution in [1.29, 1.82) is 0 Å². The smallest absolute Gasteiger partial charge is 0.125 e. The Balaban J connectivity index is 2.01. The maximum atomic E-state index is 6.07. The SMILES string of the molecule is C/C=C/CSc1cc(C)c(OCc2ccc(/C=N/OC)cc2)c(C)c1. The van der Waals surface area contributed by atoms with Gasteiger partial charge < -0.3 is 9.57 Å². The second kappa shape index (κ2) is 9.94. The molecular weight excluding hydrogens is 330 g/mol. The minimum atomic E-state index is 0.550. The van der Waals surface area contributed by atoms with E-state index in [1.807, 2.05) is 43.0 Å². The molecule has 3 nitrogen and oxygen atoms in total. The molecule has 0 unspecified atom stereocenters. The number of allylic oxidation sites excluding steroid dienone is 1. The van der Waals surface area contributed by atoms with E-state index in [2.05, 4.69) is 48.1 Å². The van der Waals surface area contributed by atoms with E-state index in [0.717, 1.165) is 22.6 Å². The number of rotatable bonds is 8. The zero-order chi connectivity index (χ0) is 18.1. The van der Waals surface area contributed by atoms with Crippen LogP contribution in [0.4, 0.5) is 0 Å². The van der Waals surface area contributed by atoms with E-state index in [1.54, 1.807) is 6.21 Å². The van der Waals surface area contributed by atoms with Crippen molar-refractivity contribution in [1.82, 2.24) is 0 Å². The second-order valence-corrected chi connectivity index (χ2v) is 6.81. The third-order valence-electron chi connectivity index (χ3n) is 3.69. The van der Waals surface area contributed by atoms with E-state index in [4.69, 9.17) is 4.74 Å². The van der Waals surface area contributed by atoms with Gasteiger partial charge in [-0.15, -0.1) is 11.8 Å². The standard InChI is InChI=1S/C21H25NO2S/c1-5-6-11-25-20-12-16(2)21(17(3)13-20)24-15-19-9-7-18(8-10-19)14-22-23-4/h5-10,12-14H,11,15H2,1-4H3/b6-5+,22-14+. The minimum Gasteiger partial charge on any atom is -0.488 e. The Morgan fingerprint density at radius 3 is 2.36 bits per heavy atom. The molecule has 0 aliphatic rings. The summed E-state index contributed by atoms with van der Waals surface area (Å²) in [5.41, 5.74) is 4.47. The number of thioether (sulfide) groups is 1. The van der Waals surface area contributed by atoms with Crippen LogP contribution in [-0.4, -0.2) is 19.1 Å². The fourth-order valence-corrected chi connectivity index (χ4v) is 3.43. The van der Waals surface area contributed by atoms with Crippen molar-refractivity contribution in [3.63, 3.8) is 0 Å². The highest BCUT2D eigenvalue weighted by atomic mass is 32.2. The fraction of sp³-hybridized carbons (Fsp3) is 0.286. The summed E-state index contributed by atoms with van der Waals surface area (Å²) in [6, 6.07) is 12.5. The zero-order valence-corrected chi connectivity index (χ0v) is 16.1. The predicted octanol–water partition coefficient (Wildman–Crippen LogP) is 5.53. The molecule has 0 amide bonds. The third-order valence-corrected chi connectivity index (χ3v) is 4.61. The van der Waals surface area contributed by atoms with Crippen molar-refractivity contribution < 1.29 is 9.57 Å². The number of nitrogens with zero attached hydrogens (tertiary/aromatic N) is 1. The fourth-order valence-electron chi connectivity index (χ4n) is 2.43. The molecule has 2 rings (SSSR count). The summed E-state index contributed by atoms with van der Waals surface area (Å²) in [5.74, 6) is 1.97. The van der Waals surface area contributed by atoms with E-state index in [0.29, 0.717) is 6.61 Å². The molecule has 0 saturated carbocycles.